The number of halogens is 2. The number of nitrogens with zero attached hydrogens (tertiary/aromatic N) is 3. The highest BCUT2D eigenvalue weighted by atomic mass is 79.9. The molecule has 2 heterocycles. The van der Waals surface area contributed by atoms with Crippen molar-refractivity contribution < 1.29 is 13.2 Å². The summed E-state index contributed by atoms with van der Waals surface area (Å²) in [6.45, 7) is 0. The van der Waals surface area contributed by atoms with E-state index in [9.17, 15) is 8.42 Å². The van der Waals surface area contributed by atoms with Gasteiger partial charge in [0.1, 0.15) is 10.9 Å². The highest BCUT2D eigenvalue weighted by Gasteiger charge is 2.36. The molecule has 0 saturated carbocycles. The number of aromatic nitrogens is 1. The first-order valence-electron chi connectivity index (χ1n) is 8.73. The Bertz CT molecular complexity index is 1230. The lowest BCUT2D eigenvalue weighted by Gasteiger charge is -2.22. The minimum Gasteiger partial charge on any atom is -0.497 e. The normalized spacial score (nSPS) is 16.9. The number of fused-ring (bicyclic) bond motifs is 1. The van der Waals surface area contributed by atoms with Crippen molar-refractivity contribution in [3.63, 3.8) is 0 Å². The maximum Gasteiger partial charge on any atom is 0.247 e. The molecular weight excluding hydrogens is 478 g/mol. The second-order valence-corrected chi connectivity index (χ2v) is 9.85. The second kappa shape index (κ2) is 7.59. The van der Waals surface area contributed by atoms with Gasteiger partial charge in [-0.2, -0.15) is 9.52 Å². The van der Waals surface area contributed by atoms with Gasteiger partial charge in [-0.1, -0.05) is 39.7 Å². The molecule has 1 aromatic heterocycles. The molecule has 29 heavy (non-hydrogen) atoms. The van der Waals surface area contributed by atoms with E-state index in [1.54, 1.807) is 13.2 Å². The zero-order valence-corrected chi connectivity index (χ0v) is 18.8. The largest absolute Gasteiger partial charge is 0.497 e. The molecule has 0 fully saturated rings. The first kappa shape index (κ1) is 20.1. The van der Waals surface area contributed by atoms with E-state index >= 15 is 0 Å². The molecule has 0 radical (unpaired) electrons. The lowest BCUT2D eigenvalue weighted by atomic mass is 9.99. The maximum atomic E-state index is 12.4. The number of hydrazone groups is 1. The summed E-state index contributed by atoms with van der Waals surface area (Å²) in [5.74, 6) is 0.674. The lowest BCUT2D eigenvalue weighted by Crippen LogP contribution is -2.26. The van der Waals surface area contributed by atoms with Crippen LogP contribution in [0.3, 0.4) is 0 Å². The molecule has 1 aliphatic heterocycles. The van der Waals surface area contributed by atoms with Gasteiger partial charge in [0.2, 0.25) is 10.0 Å². The van der Waals surface area contributed by atoms with Crippen molar-refractivity contribution in [2.24, 2.45) is 5.10 Å². The Kier molecular flexibility index (Phi) is 5.27. The van der Waals surface area contributed by atoms with Gasteiger partial charge >= 0.3 is 0 Å². The Morgan fingerprint density at radius 2 is 1.90 bits per heavy atom. The average Bonchev–Trinajstić information content (AvgIpc) is 3.13. The van der Waals surface area contributed by atoms with Crippen LogP contribution >= 0.6 is 27.5 Å². The van der Waals surface area contributed by atoms with Crippen molar-refractivity contribution in [3.05, 3.63) is 69.3 Å². The molecule has 1 aliphatic rings. The lowest BCUT2D eigenvalue weighted by molar-refractivity contribution is 0.374. The summed E-state index contributed by atoms with van der Waals surface area (Å²) < 4.78 is 32.2. The molecule has 0 unspecified atom stereocenters. The Balaban J connectivity index is 1.79. The van der Waals surface area contributed by atoms with Crippen LogP contribution in [-0.4, -0.2) is 36.9 Å². The molecule has 0 bridgehead atoms. The van der Waals surface area contributed by atoms with E-state index < -0.39 is 16.1 Å². The first-order chi connectivity index (χ1) is 13.8. The van der Waals surface area contributed by atoms with E-state index in [0.29, 0.717) is 29.0 Å². The van der Waals surface area contributed by atoms with Gasteiger partial charge in [-0.3, -0.25) is 0 Å². The summed E-state index contributed by atoms with van der Waals surface area (Å²) in [7, 11) is -2.02. The molecule has 0 N–H and O–H groups in total. The number of methoxy groups -OCH3 is 1. The molecule has 0 saturated heterocycles. The van der Waals surface area contributed by atoms with Gasteiger partial charge in [0.05, 0.1) is 30.6 Å². The third-order valence-electron chi connectivity index (χ3n) is 4.75. The number of rotatable bonds is 4. The van der Waals surface area contributed by atoms with Gasteiger partial charge in [-0.25, -0.2) is 13.4 Å². The highest BCUT2D eigenvalue weighted by molar-refractivity contribution is 9.10. The minimum absolute atomic E-state index is 0.247. The van der Waals surface area contributed by atoms with Crippen LogP contribution in [0.1, 0.15) is 23.6 Å². The Morgan fingerprint density at radius 1 is 1.17 bits per heavy atom. The molecule has 6 nitrogen and oxygen atoms in total. The van der Waals surface area contributed by atoms with Crippen LogP contribution in [0.15, 0.2) is 58.1 Å². The van der Waals surface area contributed by atoms with E-state index in [1.807, 2.05) is 42.5 Å². The van der Waals surface area contributed by atoms with Gasteiger partial charge in [-0.05, 0) is 35.9 Å². The van der Waals surface area contributed by atoms with E-state index in [-0.39, 0.29) is 5.15 Å². The van der Waals surface area contributed by atoms with Crippen LogP contribution in [-0.2, 0) is 10.0 Å². The fourth-order valence-corrected chi connectivity index (χ4v) is 4.78. The standard InChI is InChI=1S/C20H17BrClN3O3S/c1-28-15-8-5-13-9-16(20(22)23-17(13)10-15)19-11-18(24-25(19)29(2,26)27)12-3-6-14(21)7-4-12/h3-10,19H,11H2,1-2H3/t19-/m0/s1. The van der Waals surface area contributed by atoms with E-state index in [1.165, 1.54) is 0 Å². The van der Waals surface area contributed by atoms with Crippen molar-refractivity contribution in [3.8, 4) is 5.75 Å². The summed E-state index contributed by atoms with van der Waals surface area (Å²) in [5, 5.41) is 5.50. The maximum absolute atomic E-state index is 12.4. The van der Waals surface area contributed by atoms with Crippen LogP contribution < -0.4 is 4.74 Å². The third-order valence-corrected chi connectivity index (χ3v) is 6.60. The number of hydrogen-bond donors (Lipinski definition) is 0. The highest BCUT2D eigenvalue weighted by Crippen LogP contribution is 2.38. The number of benzene rings is 2. The second-order valence-electron chi connectivity index (χ2n) is 6.74. The Hall–Kier alpha value is -2.16. The van der Waals surface area contributed by atoms with Crippen molar-refractivity contribution in [2.75, 3.05) is 13.4 Å². The summed E-state index contributed by atoms with van der Waals surface area (Å²) in [6.07, 6.45) is 1.54. The summed E-state index contributed by atoms with van der Waals surface area (Å²) in [5.41, 5.74) is 2.83. The Morgan fingerprint density at radius 3 is 2.55 bits per heavy atom. The van der Waals surface area contributed by atoms with Crippen LogP contribution in [0.25, 0.3) is 10.9 Å². The number of sulfonamides is 1. The Labute approximate surface area is 182 Å². The van der Waals surface area contributed by atoms with Gasteiger partial charge in [0.15, 0.2) is 0 Å². The molecule has 4 rings (SSSR count). The number of ether oxygens (including phenoxy) is 1. The van der Waals surface area contributed by atoms with Crippen molar-refractivity contribution in [1.82, 2.24) is 9.40 Å². The molecule has 9 heteroatoms. The van der Waals surface area contributed by atoms with Crippen molar-refractivity contribution in [1.29, 1.82) is 0 Å². The monoisotopic (exact) mass is 493 g/mol. The van der Waals surface area contributed by atoms with E-state index in [0.717, 1.165) is 26.1 Å². The van der Waals surface area contributed by atoms with Gasteiger partial charge in [0.25, 0.3) is 0 Å². The zero-order chi connectivity index (χ0) is 20.8. The molecule has 150 valence electrons. The summed E-state index contributed by atoms with van der Waals surface area (Å²) >= 11 is 9.89. The van der Waals surface area contributed by atoms with Crippen molar-refractivity contribution in [2.45, 2.75) is 12.5 Å². The van der Waals surface area contributed by atoms with Gasteiger partial charge in [0, 0.05) is 27.9 Å². The minimum atomic E-state index is -3.60. The summed E-state index contributed by atoms with van der Waals surface area (Å²) in [6, 6.07) is 14.4. The molecule has 0 amide bonds. The van der Waals surface area contributed by atoms with E-state index in [4.69, 9.17) is 16.3 Å². The molecule has 1 atom stereocenters. The van der Waals surface area contributed by atoms with Crippen LogP contribution in [0, 0.1) is 0 Å². The zero-order valence-electron chi connectivity index (χ0n) is 15.6. The van der Waals surface area contributed by atoms with E-state index in [2.05, 4.69) is 26.0 Å². The number of pyridine rings is 1. The van der Waals surface area contributed by atoms with Crippen LogP contribution in [0.2, 0.25) is 5.15 Å². The SMILES string of the molecule is COc1ccc2cc([C@@H]3CC(c4ccc(Br)cc4)=NN3S(C)(=O)=O)c(Cl)nc2c1. The van der Waals surface area contributed by atoms with Crippen LogP contribution in [0.5, 0.6) is 5.75 Å². The molecule has 2 aromatic carbocycles. The topological polar surface area (TPSA) is 71.9 Å². The molecule has 3 aromatic rings. The predicted molar refractivity (Wildman–Crippen MR) is 118 cm³/mol. The fourth-order valence-electron chi connectivity index (χ4n) is 3.34. The molecule has 0 spiro atoms. The van der Waals surface area contributed by atoms with Crippen molar-refractivity contribution >= 4 is 54.2 Å². The average molecular weight is 495 g/mol. The number of hydrogen-bond acceptors (Lipinski definition) is 5. The smallest absolute Gasteiger partial charge is 0.247 e. The quantitative estimate of drug-likeness (QED) is 0.490. The van der Waals surface area contributed by atoms with Gasteiger partial charge < -0.3 is 4.74 Å². The predicted octanol–water partition coefficient (Wildman–Crippen LogP) is 4.77. The fraction of sp³-hybridized carbons (Fsp3) is 0.200. The first-order valence-corrected chi connectivity index (χ1v) is 11.8. The van der Waals surface area contributed by atoms with Gasteiger partial charge in [-0.15, -0.1) is 0 Å². The molecular formula is C20H17BrClN3O3S. The summed E-state index contributed by atoms with van der Waals surface area (Å²) in [4.78, 5) is 4.46. The van der Waals surface area contributed by atoms with Crippen LogP contribution in [0.4, 0.5) is 0 Å². The third kappa shape index (κ3) is 3.97. The molecule has 0 aliphatic carbocycles.